The molecule has 0 atom stereocenters. The van der Waals surface area contributed by atoms with Gasteiger partial charge in [-0.1, -0.05) is 18.2 Å². The number of para-hydroxylation sites is 1. The highest BCUT2D eigenvalue weighted by molar-refractivity contribution is 5.97. The Balaban J connectivity index is 1.49. The summed E-state index contributed by atoms with van der Waals surface area (Å²) in [5.74, 6) is 0.0293. The zero-order chi connectivity index (χ0) is 17.6. The Kier molecular flexibility index (Phi) is 5.43. The molecule has 1 aliphatic rings. The van der Waals surface area contributed by atoms with Crippen LogP contribution in [0.5, 0.6) is 0 Å². The van der Waals surface area contributed by atoms with Gasteiger partial charge in [-0.2, -0.15) is 0 Å². The summed E-state index contributed by atoms with van der Waals surface area (Å²) in [7, 11) is 0. The molecule has 2 aromatic rings. The Morgan fingerprint density at radius 2 is 1.76 bits per heavy atom. The lowest BCUT2D eigenvalue weighted by molar-refractivity contribution is -0.131. The molecule has 1 aromatic heterocycles. The normalized spacial score (nSPS) is 14.4. The van der Waals surface area contributed by atoms with E-state index in [1.54, 1.807) is 24.5 Å². The highest BCUT2D eigenvalue weighted by Crippen LogP contribution is 2.21. The third-order valence-corrected chi connectivity index (χ3v) is 4.64. The van der Waals surface area contributed by atoms with Gasteiger partial charge in [-0.15, -0.1) is 0 Å². The Bertz CT molecular complexity index is 738. The van der Waals surface area contributed by atoms with E-state index in [1.807, 2.05) is 17.0 Å². The van der Waals surface area contributed by atoms with E-state index in [4.69, 9.17) is 0 Å². The van der Waals surface area contributed by atoms with Gasteiger partial charge < -0.3 is 9.80 Å². The van der Waals surface area contributed by atoms with Crippen molar-refractivity contribution in [2.24, 2.45) is 0 Å². The van der Waals surface area contributed by atoms with Crippen molar-refractivity contribution < 1.29 is 9.59 Å². The SMILES string of the molecule is Cc1ccccc1N1CCN(C(=O)CCC(=O)c2cccnc2)CC1. The van der Waals surface area contributed by atoms with Crippen LogP contribution in [-0.4, -0.2) is 47.8 Å². The number of carbonyl (C=O) groups excluding carboxylic acids is 2. The maximum Gasteiger partial charge on any atom is 0.223 e. The third kappa shape index (κ3) is 4.24. The van der Waals surface area contributed by atoms with E-state index < -0.39 is 0 Å². The quantitative estimate of drug-likeness (QED) is 0.787. The minimum atomic E-state index is -0.0278. The van der Waals surface area contributed by atoms with Crippen molar-refractivity contribution in [3.63, 3.8) is 0 Å². The van der Waals surface area contributed by atoms with Gasteiger partial charge in [-0.3, -0.25) is 14.6 Å². The Hall–Kier alpha value is -2.69. The molecule has 1 amide bonds. The zero-order valence-corrected chi connectivity index (χ0v) is 14.5. The second-order valence-electron chi connectivity index (χ2n) is 6.32. The number of hydrogen-bond donors (Lipinski definition) is 0. The van der Waals surface area contributed by atoms with Crippen molar-refractivity contribution >= 4 is 17.4 Å². The number of benzene rings is 1. The van der Waals surface area contributed by atoms with E-state index in [2.05, 4.69) is 28.9 Å². The van der Waals surface area contributed by atoms with Crippen LogP contribution in [0.4, 0.5) is 5.69 Å². The summed E-state index contributed by atoms with van der Waals surface area (Å²) in [6.07, 6.45) is 3.68. The number of aromatic nitrogens is 1. The second-order valence-corrected chi connectivity index (χ2v) is 6.32. The first kappa shape index (κ1) is 17.1. The molecule has 1 saturated heterocycles. The van der Waals surface area contributed by atoms with Crippen LogP contribution in [0.1, 0.15) is 28.8 Å². The number of anilines is 1. The summed E-state index contributed by atoms with van der Waals surface area (Å²) in [5.41, 5.74) is 3.06. The molecule has 0 bridgehead atoms. The molecule has 1 fully saturated rings. The van der Waals surface area contributed by atoms with Gasteiger partial charge in [-0.05, 0) is 30.7 Å². The Labute approximate surface area is 148 Å². The molecule has 0 saturated carbocycles. The number of ketones is 1. The van der Waals surface area contributed by atoms with E-state index in [0.717, 1.165) is 13.1 Å². The second kappa shape index (κ2) is 7.92. The number of rotatable bonds is 5. The first-order valence-corrected chi connectivity index (χ1v) is 8.67. The van der Waals surface area contributed by atoms with Gasteiger partial charge in [0.15, 0.2) is 5.78 Å². The van der Waals surface area contributed by atoms with Crippen molar-refractivity contribution in [3.8, 4) is 0 Å². The summed E-state index contributed by atoms with van der Waals surface area (Å²) in [6.45, 7) is 5.17. The largest absolute Gasteiger partial charge is 0.368 e. The lowest BCUT2D eigenvalue weighted by Crippen LogP contribution is -2.49. The molecule has 1 aromatic carbocycles. The van der Waals surface area contributed by atoms with Gasteiger partial charge in [-0.25, -0.2) is 0 Å². The summed E-state index contributed by atoms with van der Waals surface area (Å²) < 4.78 is 0. The van der Waals surface area contributed by atoms with E-state index >= 15 is 0 Å². The molecule has 0 unspecified atom stereocenters. The molecule has 5 heteroatoms. The lowest BCUT2D eigenvalue weighted by atomic mass is 10.1. The van der Waals surface area contributed by atoms with Crippen LogP contribution in [0.25, 0.3) is 0 Å². The minimum absolute atomic E-state index is 0.0278. The maximum absolute atomic E-state index is 12.4. The monoisotopic (exact) mass is 337 g/mol. The summed E-state index contributed by atoms with van der Waals surface area (Å²) >= 11 is 0. The number of Topliss-reactive ketones (excluding diaryl/α,β-unsaturated/α-hetero) is 1. The molecule has 0 radical (unpaired) electrons. The fourth-order valence-corrected chi connectivity index (χ4v) is 3.17. The number of aryl methyl sites for hydroxylation is 1. The molecule has 0 spiro atoms. The molecule has 2 heterocycles. The minimum Gasteiger partial charge on any atom is -0.368 e. The number of piperazine rings is 1. The number of carbonyl (C=O) groups is 2. The van der Waals surface area contributed by atoms with Crippen molar-refractivity contribution in [1.82, 2.24) is 9.88 Å². The van der Waals surface area contributed by atoms with E-state index in [9.17, 15) is 9.59 Å². The first-order chi connectivity index (χ1) is 12.1. The van der Waals surface area contributed by atoms with Crippen LogP contribution in [0.2, 0.25) is 0 Å². The van der Waals surface area contributed by atoms with Gasteiger partial charge in [0.25, 0.3) is 0 Å². The van der Waals surface area contributed by atoms with Crippen LogP contribution in [0.3, 0.4) is 0 Å². The molecular formula is C20H23N3O2. The average Bonchev–Trinajstić information content (AvgIpc) is 2.67. The summed E-state index contributed by atoms with van der Waals surface area (Å²) in [6, 6.07) is 11.8. The van der Waals surface area contributed by atoms with Gasteiger partial charge in [0.1, 0.15) is 0 Å². The van der Waals surface area contributed by atoms with Crippen molar-refractivity contribution in [3.05, 3.63) is 59.9 Å². The number of pyridine rings is 1. The molecule has 25 heavy (non-hydrogen) atoms. The smallest absolute Gasteiger partial charge is 0.223 e. The van der Waals surface area contributed by atoms with Crippen LogP contribution < -0.4 is 4.90 Å². The van der Waals surface area contributed by atoms with Crippen molar-refractivity contribution in [2.75, 3.05) is 31.1 Å². The van der Waals surface area contributed by atoms with Crippen molar-refractivity contribution in [1.29, 1.82) is 0 Å². The molecule has 3 rings (SSSR count). The fourth-order valence-electron chi connectivity index (χ4n) is 3.17. The number of nitrogens with zero attached hydrogens (tertiary/aromatic N) is 3. The number of amides is 1. The molecule has 0 aliphatic carbocycles. The lowest BCUT2D eigenvalue weighted by Gasteiger charge is -2.36. The highest BCUT2D eigenvalue weighted by atomic mass is 16.2. The molecule has 5 nitrogen and oxygen atoms in total. The Morgan fingerprint density at radius 3 is 2.44 bits per heavy atom. The molecular weight excluding hydrogens is 314 g/mol. The fraction of sp³-hybridized carbons (Fsp3) is 0.350. The number of hydrogen-bond acceptors (Lipinski definition) is 4. The predicted molar refractivity (Wildman–Crippen MR) is 97.8 cm³/mol. The van der Waals surface area contributed by atoms with Gasteiger partial charge >= 0.3 is 0 Å². The third-order valence-electron chi connectivity index (χ3n) is 4.64. The first-order valence-electron chi connectivity index (χ1n) is 8.67. The van der Waals surface area contributed by atoms with Gasteiger partial charge in [0.05, 0.1) is 0 Å². The molecule has 0 N–H and O–H groups in total. The topological polar surface area (TPSA) is 53.5 Å². The van der Waals surface area contributed by atoms with E-state index in [1.165, 1.54) is 11.3 Å². The van der Waals surface area contributed by atoms with Crippen LogP contribution in [0.15, 0.2) is 48.8 Å². The standard InChI is InChI=1S/C20H23N3O2/c1-16-5-2-3-7-18(16)22-11-13-23(14-12-22)20(25)9-8-19(24)17-6-4-10-21-15-17/h2-7,10,15H,8-9,11-14H2,1H3. The summed E-state index contributed by atoms with van der Waals surface area (Å²) in [4.78, 5) is 32.6. The molecule has 130 valence electrons. The van der Waals surface area contributed by atoms with E-state index in [-0.39, 0.29) is 24.5 Å². The zero-order valence-electron chi connectivity index (χ0n) is 14.5. The van der Waals surface area contributed by atoms with Crippen LogP contribution in [-0.2, 0) is 4.79 Å². The van der Waals surface area contributed by atoms with Crippen molar-refractivity contribution in [2.45, 2.75) is 19.8 Å². The van der Waals surface area contributed by atoms with Crippen LogP contribution >= 0.6 is 0 Å². The van der Waals surface area contributed by atoms with Crippen LogP contribution in [0, 0.1) is 6.92 Å². The van der Waals surface area contributed by atoms with Gasteiger partial charge in [0.2, 0.25) is 5.91 Å². The average molecular weight is 337 g/mol. The van der Waals surface area contributed by atoms with E-state index in [0.29, 0.717) is 18.7 Å². The summed E-state index contributed by atoms with van der Waals surface area (Å²) in [5, 5.41) is 0. The molecule has 1 aliphatic heterocycles. The van der Waals surface area contributed by atoms with Gasteiger partial charge in [0, 0.05) is 62.7 Å². The highest BCUT2D eigenvalue weighted by Gasteiger charge is 2.22. The maximum atomic E-state index is 12.4. The Morgan fingerprint density at radius 1 is 1.00 bits per heavy atom. The predicted octanol–water partition coefficient (Wildman–Crippen LogP) is 2.70.